The van der Waals surface area contributed by atoms with Crippen molar-refractivity contribution in [1.82, 2.24) is 5.43 Å². The summed E-state index contributed by atoms with van der Waals surface area (Å²) >= 11 is 6.71. The van der Waals surface area contributed by atoms with Crippen molar-refractivity contribution in [3.63, 3.8) is 0 Å². The number of halogens is 2. The molecule has 0 saturated heterocycles. The Morgan fingerprint density at radius 1 is 1.42 bits per heavy atom. The molecular formula is C13H16Br2N2O2. The van der Waals surface area contributed by atoms with Crippen LogP contribution in [0.4, 0.5) is 0 Å². The molecule has 0 atom stereocenters. The van der Waals surface area contributed by atoms with Gasteiger partial charge in [0, 0.05) is 10.2 Å². The van der Waals surface area contributed by atoms with Gasteiger partial charge in [-0.25, -0.2) is 5.43 Å². The van der Waals surface area contributed by atoms with E-state index in [0.717, 1.165) is 27.5 Å². The maximum absolute atomic E-state index is 11.5. The van der Waals surface area contributed by atoms with E-state index in [1.165, 1.54) is 0 Å². The fourth-order valence-electron chi connectivity index (χ4n) is 1.34. The van der Waals surface area contributed by atoms with Gasteiger partial charge in [-0.1, -0.05) is 29.3 Å². The SMILES string of the molecule is CCC/C(C)=N/NC(=O)COc1ccc(Br)cc1Br. The van der Waals surface area contributed by atoms with Gasteiger partial charge in [0.2, 0.25) is 0 Å². The Morgan fingerprint density at radius 3 is 2.79 bits per heavy atom. The van der Waals surface area contributed by atoms with E-state index < -0.39 is 0 Å². The molecule has 0 radical (unpaired) electrons. The highest BCUT2D eigenvalue weighted by molar-refractivity contribution is 9.11. The zero-order valence-corrected chi connectivity index (χ0v) is 14.0. The minimum absolute atomic E-state index is 0.0663. The lowest BCUT2D eigenvalue weighted by atomic mass is 10.2. The third-order valence-corrected chi connectivity index (χ3v) is 3.35. The summed E-state index contributed by atoms with van der Waals surface area (Å²) in [6, 6.07) is 5.49. The summed E-state index contributed by atoms with van der Waals surface area (Å²) < 4.78 is 7.13. The van der Waals surface area contributed by atoms with Crippen molar-refractivity contribution in [2.75, 3.05) is 6.61 Å². The van der Waals surface area contributed by atoms with Gasteiger partial charge in [0.25, 0.3) is 5.91 Å². The summed E-state index contributed by atoms with van der Waals surface area (Å²) in [5.41, 5.74) is 3.37. The number of nitrogens with zero attached hydrogens (tertiary/aromatic N) is 1. The lowest BCUT2D eigenvalue weighted by molar-refractivity contribution is -0.123. The van der Waals surface area contributed by atoms with Crippen LogP contribution in [0, 0.1) is 0 Å². The van der Waals surface area contributed by atoms with Crippen molar-refractivity contribution in [3.8, 4) is 5.75 Å². The quantitative estimate of drug-likeness (QED) is 0.590. The molecule has 0 aromatic heterocycles. The van der Waals surface area contributed by atoms with Gasteiger partial charge in [-0.05, 0) is 47.5 Å². The Balaban J connectivity index is 2.44. The molecule has 0 heterocycles. The van der Waals surface area contributed by atoms with Gasteiger partial charge in [-0.15, -0.1) is 0 Å². The van der Waals surface area contributed by atoms with Crippen molar-refractivity contribution in [2.45, 2.75) is 26.7 Å². The number of hydrogen-bond acceptors (Lipinski definition) is 3. The van der Waals surface area contributed by atoms with Crippen LogP contribution in [-0.4, -0.2) is 18.2 Å². The van der Waals surface area contributed by atoms with E-state index in [9.17, 15) is 4.79 Å². The zero-order chi connectivity index (χ0) is 14.3. The number of hydrazone groups is 1. The first-order valence-corrected chi connectivity index (χ1v) is 7.51. The minimum atomic E-state index is -0.273. The van der Waals surface area contributed by atoms with Gasteiger partial charge in [0.05, 0.1) is 4.47 Å². The van der Waals surface area contributed by atoms with Crippen molar-refractivity contribution in [3.05, 3.63) is 27.1 Å². The molecule has 0 saturated carbocycles. The molecule has 0 aliphatic carbocycles. The van der Waals surface area contributed by atoms with E-state index in [1.54, 1.807) is 6.07 Å². The molecule has 1 rings (SSSR count). The van der Waals surface area contributed by atoms with Crippen LogP contribution in [0.5, 0.6) is 5.75 Å². The van der Waals surface area contributed by atoms with Gasteiger partial charge in [0.15, 0.2) is 6.61 Å². The van der Waals surface area contributed by atoms with Gasteiger partial charge >= 0.3 is 0 Å². The van der Waals surface area contributed by atoms with E-state index in [-0.39, 0.29) is 12.5 Å². The molecule has 104 valence electrons. The summed E-state index contributed by atoms with van der Waals surface area (Å²) in [6.45, 7) is 3.88. The largest absolute Gasteiger partial charge is 0.483 e. The van der Waals surface area contributed by atoms with Crippen molar-refractivity contribution < 1.29 is 9.53 Å². The standard InChI is InChI=1S/C13H16Br2N2O2/c1-3-4-9(2)16-17-13(18)8-19-12-6-5-10(14)7-11(12)15/h5-7H,3-4,8H2,1-2H3,(H,17,18)/b16-9+. The number of ether oxygens (including phenoxy) is 1. The van der Waals surface area contributed by atoms with E-state index in [4.69, 9.17) is 4.74 Å². The number of hydrogen-bond donors (Lipinski definition) is 1. The molecule has 19 heavy (non-hydrogen) atoms. The van der Waals surface area contributed by atoms with Crippen LogP contribution in [-0.2, 0) is 4.79 Å². The number of rotatable bonds is 6. The maximum atomic E-state index is 11.5. The highest BCUT2D eigenvalue weighted by Crippen LogP contribution is 2.27. The van der Waals surface area contributed by atoms with Crippen molar-refractivity contribution in [1.29, 1.82) is 0 Å². The Morgan fingerprint density at radius 2 is 2.16 bits per heavy atom. The van der Waals surface area contributed by atoms with Crippen LogP contribution in [0.3, 0.4) is 0 Å². The number of carbonyl (C=O) groups is 1. The monoisotopic (exact) mass is 390 g/mol. The predicted octanol–water partition coefficient (Wildman–Crippen LogP) is 3.88. The van der Waals surface area contributed by atoms with E-state index >= 15 is 0 Å². The van der Waals surface area contributed by atoms with E-state index in [1.807, 2.05) is 19.1 Å². The maximum Gasteiger partial charge on any atom is 0.277 e. The second kappa shape index (κ2) is 8.32. The van der Waals surface area contributed by atoms with E-state index in [2.05, 4.69) is 49.3 Å². The fraction of sp³-hybridized carbons (Fsp3) is 0.385. The third kappa shape index (κ3) is 6.20. The van der Waals surface area contributed by atoms with Gasteiger partial charge in [0.1, 0.15) is 5.75 Å². The summed E-state index contributed by atoms with van der Waals surface area (Å²) in [5, 5.41) is 3.98. The summed E-state index contributed by atoms with van der Waals surface area (Å²) in [5.74, 6) is 0.345. The molecule has 4 nitrogen and oxygen atoms in total. The number of benzene rings is 1. The normalized spacial score (nSPS) is 11.3. The third-order valence-electron chi connectivity index (χ3n) is 2.24. The first-order chi connectivity index (χ1) is 9.02. The first-order valence-electron chi connectivity index (χ1n) is 5.92. The smallest absolute Gasteiger partial charge is 0.277 e. The number of carbonyl (C=O) groups excluding carboxylic acids is 1. The second-order valence-electron chi connectivity index (χ2n) is 4.00. The number of nitrogens with one attached hydrogen (secondary N) is 1. The Hall–Kier alpha value is -0.880. The topological polar surface area (TPSA) is 50.7 Å². The molecular weight excluding hydrogens is 376 g/mol. The van der Waals surface area contributed by atoms with Gasteiger partial charge in [-0.3, -0.25) is 4.79 Å². The molecule has 0 aliphatic heterocycles. The van der Waals surface area contributed by atoms with Gasteiger partial charge in [-0.2, -0.15) is 5.10 Å². The molecule has 0 spiro atoms. The summed E-state index contributed by atoms with van der Waals surface area (Å²) in [7, 11) is 0. The van der Waals surface area contributed by atoms with E-state index in [0.29, 0.717) is 5.75 Å². The van der Waals surface area contributed by atoms with Crippen LogP contribution < -0.4 is 10.2 Å². The molecule has 1 aromatic carbocycles. The average molecular weight is 392 g/mol. The Bertz CT molecular complexity index is 476. The van der Waals surface area contributed by atoms with Crippen LogP contribution in [0.1, 0.15) is 26.7 Å². The molecule has 0 aliphatic rings. The Labute approximate surface area is 129 Å². The molecule has 0 fully saturated rings. The van der Waals surface area contributed by atoms with Gasteiger partial charge < -0.3 is 4.74 Å². The first kappa shape index (κ1) is 16.2. The lowest BCUT2D eigenvalue weighted by Crippen LogP contribution is -2.25. The zero-order valence-electron chi connectivity index (χ0n) is 10.9. The molecule has 1 aromatic rings. The highest BCUT2D eigenvalue weighted by Gasteiger charge is 2.05. The predicted molar refractivity (Wildman–Crippen MR) is 83.5 cm³/mol. The van der Waals surface area contributed by atoms with Crippen molar-refractivity contribution >= 4 is 43.5 Å². The molecule has 0 bridgehead atoms. The molecule has 1 N–H and O–H groups in total. The van der Waals surface area contributed by atoms with Crippen LogP contribution in [0.15, 0.2) is 32.2 Å². The van der Waals surface area contributed by atoms with Crippen LogP contribution in [0.2, 0.25) is 0 Å². The molecule has 6 heteroatoms. The Kier molecular flexibility index (Phi) is 7.09. The molecule has 0 unspecified atom stereocenters. The summed E-state index contributed by atoms with van der Waals surface area (Å²) in [4.78, 5) is 11.5. The van der Waals surface area contributed by atoms with Crippen LogP contribution >= 0.6 is 31.9 Å². The summed E-state index contributed by atoms with van der Waals surface area (Å²) in [6.07, 6.45) is 1.88. The lowest BCUT2D eigenvalue weighted by Gasteiger charge is -2.07. The second-order valence-corrected chi connectivity index (χ2v) is 5.77. The molecule has 1 amide bonds. The van der Waals surface area contributed by atoms with Crippen LogP contribution in [0.25, 0.3) is 0 Å². The fourth-order valence-corrected chi connectivity index (χ4v) is 2.50. The average Bonchev–Trinajstić information content (AvgIpc) is 2.35. The minimum Gasteiger partial charge on any atom is -0.483 e. The number of amides is 1. The highest BCUT2D eigenvalue weighted by atomic mass is 79.9. The van der Waals surface area contributed by atoms with Crippen molar-refractivity contribution in [2.24, 2.45) is 5.10 Å².